The second-order valence-electron chi connectivity index (χ2n) is 15.8. The van der Waals surface area contributed by atoms with Gasteiger partial charge in [-0.25, -0.2) is 0 Å². The lowest BCUT2D eigenvalue weighted by atomic mass is 10.1. The topological polar surface area (TPSA) is 94.1 Å². The molecule has 0 aliphatic heterocycles. The highest BCUT2D eigenvalue weighted by Crippen LogP contribution is 2.38. The Morgan fingerprint density at radius 1 is 0.582 bits per heavy atom. The van der Waals surface area contributed by atoms with Crippen molar-refractivity contribution in [2.24, 2.45) is 0 Å². The van der Waals surface area contributed by atoms with Gasteiger partial charge in [0.05, 0.1) is 34.0 Å². The van der Waals surface area contributed by atoms with Gasteiger partial charge in [-0.05, 0) is 89.5 Å². The minimum atomic E-state index is -4.52. The molecule has 2 atom stereocenters. The summed E-state index contributed by atoms with van der Waals surface area (Å²) in [6.45, 7) is 4.63. The van der Waals surface area contributed by atoms with E-state index in [1.807, 2.05) is 27.2 Å². The first kappa shape index (κ1) is 53.0. The van der Waals surface area contributed by atoms with Gasteiger partial charge < -0.3 is 27.9 Å². The van der Waals surface area contributed by atoms with E-state index in [-0.39, 0.29) is 25.8 Å². The van der Waals surface area contributed by atoms with Crippen LogP contribution in [0.4, 0.5) is 0 Å². The lowest BCUT2D eigenvalue weighted by molar-refractivity contribution is -0.870. The van der Waals surface area contributed by atoms with E-state index in [0.29, 0.717) is 17.4 Å². The zero-order valence-corrected chi connectivity index (χ0v) is 37.0. The van der Waals surface area contributed by atoms with Crippen LogP contribution in [0.2, 0.25) is 0 Å². The molecule has 0 bridgehead atoms. The zero-order chi connectivity index (χ0) is 40.6. The number of ether oxygens (including phenoxy) is 2. The molecular weight excluding hydrogens is 709 g/mol. The molecule has 0 aliphatic rings. The standard InChI is InChI=1S/C46H84NO7P/c1-6-8-10-12-14-16-18-20-22-24-25-27-29-31-33-35-37-39-46(48)52-43-45(44-54-55(49,50)53-42-40-47(3,4)5)51-41-38-36-34-32-30-28-26-23-21-19-17-15-13-11-9-7-2/h14,16-17,19-20,22,25,27,38,41,45H,6-13,15,18,21,23-24,26,28-37,39-40,42-44H2,1-5H3/b16-14-,19-17-,22-20-,27-25-,41-38-. The van der Waals surface area contributed by atoms with Crippen LogP contribution in [0.1, 0.15) is 174 Å². The average molecular weight is 794 g/mol. The molecule has 2 unspecified atom stereocenters. The van der Waals surface area contributed by atoms with Crippen molar-refractivity contribution in [2.45, 2.75) is 180 Å². The third-order valence-electron chi connectivity index (χ3n) is 9.13. The number of unbranched alkanes of at least 4 members (excludes halogenated alkanes) is 18. The molecule has 0 fully saturated rings. The zero-order valence-electron chi connectivity index (χ0n) is 36.1. The number of quaternary nitrogens is 1. The summed E-state index contributed by atoms with van der Waals surface area (Å²) >= 11 is 0. The Morgan fingerprint density at radius 2 is 1.02 bits per heavy atom. The maximum absolute atomic E-state index is 12.5. The Balaban J connectivity index is 4.35. The molecule has 0 heterocycles. The molecule has 0 rings (SSSR count). The highest BCUT2D eigenvalue weighted by molar-refractivity contribution is 7.45. The van der Waals surface area contributed by atoms with Gasteiger partial charge in [-0.2, -0.15) is 0 Å². The second kappa shape index (κ2) is 38.9. The van der Waals surface area contributed by atoms with Crippen LogP contribution in [0, 0.1) is 0 Å². The van der Waals surface area contributed by atoms with E-state index in [0.717, 1.165) is 64.2 Å². The number of hydrogen-bond donors (Lipinski definition) is 0. The van der Waals surface area contributed by atoms with E-state index in [4.69, 9.17) is 18.5 Å². The normalized spacial score (nSPS) is 14.3. The Labute approximate surface area is 339 Å². The largest absolute Gasteiger partial charge is 0.756 e. The lowest BCUT2D eigenvalue weighted by Crippen LogP contribution is -2.37. The number of nitrogens with zero attached hydrogens (tertiary/aromatic N) is 1. The summed E-state index contributed by atoms with van der Waals surface area (Å²) in [6.07, 6.45) is 49.0. The van der Waals surface area contributed by atoms with Gasteiger partial charge in [0.25, 0.3) is 7.82 Å². The summed E-state index contributed by atoms with van der Waals surface area (Å²) in [5.41, 5.74) is 0. The fourth-order valence-corrected chi connectivity index (χ4v) is 6.32. The number of phosphoric ester groups is 1. The van der Waals surface area contributed by atoms with Crippen molar-refractivity contribution in [3.8, 4) is 0 Å². The summed E-state index contributed by atoms with van der Waals surface area (Å²) < 4.78 is 34.3. The molecule has 0 aliphatic carbocycles. The molecule has 0 saturated heterocycles. The number of allylic oxidation sites excluding steroid dienone is 9. The Bertz CT molecular complexity index is 1060. The first-order valence-electron chi connectivity index (χ1n) is 22.1. The molecule has 0 radical (unpaired) electrons. The second-order valence-corrected chi connectivity index (χ2v) is 17.2. The molecule has 9 heteroatoms. The maximum Gasteiger partial charge on any atom is 0.305 e. The van der Waals surface area contributed by atoms with Crippen LogP contribution in [0.5, 0.6) is 0 Å². The van der Waals surface area contributed by atoms with Crippen LogP contribution < -0.4 is 4.89 Å². The predicted octanol–water partition coefficient (Wildman–Crippen LogP) is 12.7. The van der Waals surface area contributed by atoms with Crippen molar-refractivity contribution in [3.63, 3.8) is 0 Å². The molecule has 8 nitrogen and oxygen atoms in total. The Kier molecular flexibility index (Phi) is 37.5. The number of esters is 1. The van der Waals surface area contributed by atoms with Gasteiger partial charge in [-0.3, -0.25) is 9.36 Å². The van der Waals surface area contributed by atoms with E-state index in [9.17, 15) is 14.3 Å². The predicted molar refractivity (Wildman–Crippen MR) is 231 cm³/mol. The van der Waals surface area contributed by atoms with E-state index >= 15 is 0 Å². The van der Waals surface area contributed by atoms with E-state index in [1.54, 1.807) is 6.26 Å². The molecule has 0 N–H and O–H groups in total. The summed E-state index contributed by atoms with van der Waals surface area (Å²) in [4.78, 5) is 24.8. The molecule has 0 amide bonds. The summed E-state index contributed by atoms with van der Waals surface area (Å²) in [7, 11) is 1.34. The molecular formula is C46H84NO7P. The molecule has 55 heavy (non-hydrogen) atoms. The number of carbonyl (C=O) groups is 1. The SMILES string of the molecule is CCCCC/C=C\C/C=C\C/C=C\CCCCCCC(=O)OCC(COP(=O)([O-])OCC[N+](C)(C)C)O/C=C\CCCCCCCC/C=C\CCCCCC. The van der Waals surface area contributed by atoms with Gasteiger partial charge in [0.15, 0.2) is 6.10 Å². The first-order valence-corrected chi connectivity index (χ1v) is 23.5. The van der Waals surface area contributed by atoms with Crippen molar-refractivity contribution in [1.29, 1.82) is 0 Å². The molecule has 0 spiro atoms. The summed E-state index contributed by atoms with van der Waals surface area (Å²) in [6, 6.07) is 0. The minimum absolute atomic E-state index is 0.0198. The Hall–Kier alpha value is -1.96. The fraction of sp³-hybridized carbons (Fsp3) is 0.761. The fourth-order valence-electron chi connectivity index (χ4n) is 5.59. The number of likely N-dealkylation sites (N-methyl/N-ethyl adjacent to an activating group) is 1. The van der Waals surface area contributed by atoms with Crippen LogP contribution in [0.3, 0.4) is 0 Å². The van der Waals surface area contributed by atoms with Gasteiger partial charge in [0, 0.05) is 6.42 Å². The van der Waals surface area contributed by atoms with E-state index in [2.05, 4.69) is 62.5 Å². The van der Waals surface area contributed by atoms with Gasteiger partial charge >= 0.3 is 5.97 Å². The van der Waals surface area contributed by atoms with Gasteiger partial charge in [0.1, 0.15) is 19.8 Å². The van der Waals surface area contributed by atoms with Crippen molar-refractivity contribution in [3.05, 3.63) is 60.9 Å². The highest BCUT2D eigenvalue weighted by Gasteiger charge is 2.19. The van der Waals surface area contributed by atoms with Gasteiger partial charge in [0.2, 0.25) is 0 Å². The third kappa shape index (κ3) is 43.0. The third-order valence-corrected chi connectivity index (χ3v) is 10.1. The van der Waals surface area contributed by atoms with Crippen molar-refractivity contribution >= 4 is 13.8 Å². The maximum atomic E-state index is 12.5. The van der Waals surface area contributed by atoms with Crippen molar-refractivity contribution < 1.29 is 37.3 Å². The minimum Gasteiger partial charge on any atom is -0.756 e. The Morgan fingerprint density at radius 3 is 1.56 bits per heavy atom. The van der Waals surface area contributed by atoms with Crippen LogP contribution >= 0.6 is 7.82 Å². The van der Waals surface area contributed by atoms with Crippen LogP contribution in [-0.4, -0.2) is 64.1 Å². The van der Waals surface area contributed by atoms with E-state index in [1.165, 1.54) is 89.9 Å². The first-order chi connectivity index (χ1) is 26.6. The number of carbonyl (C=O) groups excluding carboxylic acids is 1. The smallest absolute Gasteiger partial charge is 0.305 e. The van der Waals surface area contributed by atoms with Gasteiger partial charge in [-0.15, -0.1) is 0 Å². The van der Waals surface area contributed by atoms with Crippen molar-refractivity contribution in [1.82, 2.24) is 0 Å². The molecule has 320 valence electrons. The summed E-state index contributed by atoms with van der Waals surface area (Å²) in [5, 5.41) is 0. The quantitative estimate of drug-likeness (QED) is 0.0152. The van der Waals surface area contributed by atoms with Crippen molar-refractivity contribution in [2.75, 3.05) is 47.5 Å². The number of hydrogen-bond acceptors (Lipinski definition) is 7. The van der Waals surface area contributed by atoms with Gasteiger partial charge in [-0.1, -0.05) is 133 Å². The molecule has 0 aromatic heterocycles. The van der Waals surface area contributed by atoms with E-state index < -0.39 is 13.9 Å². The van der Waals surface area contributed by atoms with Crippen LogP contribution in [-0.2, 0) is 27.9 Å². The highest BCUT2D eigenvalue weighted by atomic mass is 31.2. The summed E-state index contributed by atoms with van der Waals surface area (Å²) in [5.74, 6) is -0.317. The molecule has 0 saturated carbocycles. The molecule has 0 aromatic rings. The lowest BCUT2D eigenvalue weighted by Gasteiger charge is -2.28. The monoisotopic (exact) mass is 794 g/mol. The molecule has 0 aromatic carbocycles. The average Bonchev–Trinajstić information content (AvgIpc) is 3.14. The van der Waals surface area contributed by atoms with Crippen LogP contribution in [0.25, 0.3) is 0 Å². The number of rotatable bonds is 40. The number of phosphoric acid groups is 1. The van der Waals surface area contributed by atoms with Crippen LogP contribution in [0.15, 0.2) is 60.9 Å².